The van der Waals surface area contributed by atoms with Crippen molar-refractivity contribution in [3.63, 3.8) is 0 Å². The van der Waals surface area contributed by atoms with Gasteiger partial charge in [0.15, 0.2) is 0 Å². The van der Waals surface area contributed by atoms with E-state index in [1.54, 1.807) is 15.9 Å². The molecule has 0 amide bonds. The molecule has 3 aliphatic rings. The predicted molar refractivity (Wildman–Crippen MR) is 163 cm³/mol. The Morgan fingerprint density at radius 1 is 0.243 bits per heavy atom. The Morgan fingerprint density at radius 3 is 0.703 bits per heavy atom. The molecule has 3 heterocycles. The molecular formula is C36H15P. The minimum Gasteiger partial charge on any atom is -0.0537 e. The zero-order valence-corrected chi connectivity index (χ0v) is 20.5. The van der Waals surface area contributed by atoms with Crippen molar-refractivity contribution in [1.82, 2.24) is 0 Å². The second-order valence-corrected chi connectivity index (χ2v) is 13.3. The average molecular weight is 478 g/mol. The maximum absolute atomic E-state index is 2.46. The fourth-order valence-corrected chi connectivity index (χ4v) is 11.9. The molecule has 0 spiro atoms. The van der Waals surface area contributed by atoms with E-state index in [2.05, 4.69) is 91.0 Å². The summed E-state index contributed by atoms with van der Waals surface area (Å²) in [6.45, 7) is 0. The van der Waals surface area contributed by atoms with Crippen molar-refractivity contribution in [3.05, 3.63) is 91.0 Å². The lowest BCUT2D eigenvalue weighted by atomic mass is 9.86. The molecule has 0 radical (unpaired) electrons. The highest BCUT2D eigenvalue weighted by molar-refractivity contribution is 7.83. The zero-order chi connectivity index (χ0) is 23.3. The maximum atomic E-state index is 2.46. The first-order chi connectivity index (χ1) is 18.3. The summed E-state index contributed by atoms with van der Waals surface area (Å²) >= 11 is 0. The SMILES string of the molecule is c1cc2ccc3cc4ccc5ccc6cc7ccc8ccc9cc1c1c%10c9c8c7c7c6c5c4c(c3c21)P%107. The highest BCUT2D eigenvalue weighted by Gasteiger charge is 2.39. The van der Waals surface area contributed by atoms with Crippen LogP contribution in [0.3, 0.4) is 0 Å². The summed E-state index contributed by atoms with van der Waals surface area (Å²) in [5.41, 5.74) is 0. The van der Waals surface area contributed by atoms with Crippen LogP contribution in [0.5, 0.6) is 0 Å². The standard InChI is InChI=1S/C36H15P/c1-7-19-13-21-9-3-17-5-11-23-15-24-12-6-18-4-10-22-14-20-8-2-16(1)25-28(19)34-30(21)26(17)32(23)36-33(24)27(18)31(22)35(29(20)25)37(34)36/h1-15H. The highest BCUT2D eigenvalue weighted by Crippen LogP contribution is 2.58. The van der Waals surface area contributed by atoms with Gasteiger partial charge in [0, 0.05) is 15.9 Å². The molecule has 0 nitrogen and oxygen atoms in total. The van der Waals surface area contributed by atoms with Crippen molar-refractivity contribution in [2.75, 3.05) is 0 Å². The smallest absolute Gasteiger partial charge is 0.00197 e. The van der Waals surface area contributed by atoms with Gasteiger partial charge >= 0.3 is 0 Å². The first kappa shape index (κ1) is 17.2. The lowest BCUT2D eigenvalue weighted by Crippen LogP contribution is -2.31. The van der Waals surface area contributed by atoms with E-state index in [1.165, 1.54) is 97.0 Å². The molecule has 0 fully saturated rings. The van der Waals surface area contributed by atoms with E-state index in [0.717, 1.165) is 0 Å². The van der Waals surface area contributed by atoms with Gasteiger partial charge in [-0.2, -0.15) is 0 Å². The number of rotatable bonds is 0. The van der Waals surface area contributed by atoms with Crippen molar-refractivity contribution >= 4 is 121 Å². The van der Waals surface area contributed by atoms with Crippen LogP contribution in [-0.2, 0) is 0 Å². The summed E-state index contributed by atoms with van der Waals surface area (Å²) in [7, 11) is -0.658. The monoisotopic (exact) mass is 478 g/mol. The van der Waals surface area contributed by atoms with E-state index in [9.17, 15) is 0 Å². The molecule has 0 atom stereocenters. The summed E-state index contributed by atoms with van der Waals surface area (Å²) in [5, 5.41) is 31.0. The summed E-state index contributed by atoms with van der Waals surface area (Å²) in [6, 6.07) is 35.7. The fraction of sp³-hybridized carbons (Fsp3) is 0. The van der Waals surface area contributed by atoms with Crippen molar-refractivity contribution in [1.29, 1.82) is 0 Å². The van der Waals surface area contributed by atoms with Gasteiger partial charge < -0.3 is 0 Å². The minimum absolute atomic E-state index is 0.658. The Bertz CT molecular complexity index is 2270. The van der Waals surface area contributed by atoms with Crippen molar-refractivity contribution in [2.24, 2.45) is 0 Å². The first-order valence-corrected chi connectivity index (χ1v) is 14.5. The van der Waals surface area contributed by atoms with Crippen LogP contribution in [0, 0.1) is 0 Å². The lowest BCUT2D eigenvalue weighted by molar-refractivity contribution is 1.81. The van der Waals surface area contributed by atoms with Crippen LogP contribution in [0.4, 0.5) is 0 Å². The Balaban J connectivity index is 1.65. The van der Waals surface area contributed by atoms with Crippen molar-refractivity contribution < 1.29 is 0 Å². The largest absolute Gasteiger partial charge is 0.0537 e. The zero-order valence-electron chi connectivity index (χ0n) is 19.6. The number of hydrogen-bond donors (Lipinski definition) is 0. The van der Waals surface area contributed by atoms with Gasteiger partial charge in [-0.15, -0.1) is 0 Å². The summed E-state index contributed by atoms with van der Waals surface area (Å²) in [5.74, 6) is 0. The first-order valence-electron chi connectivity index (χ1n) is 13.1. The molecule has 0 unspecified atom stereocenters. The fourth-order valence-electron chi connectivity index (χ4n) is 8.49. The molecule has 1 heteroatoms. The van der Waals surface area contributed by atoms with Gasteiger partial charge in [-0.05, 0) is 123 Å². The molecule has 37 heavy (non-hydrogen) atoms. The molecule has 0 saturated carbocycles. The highest BCUT2D eigenvalue weighted by atomic mass is 31.1. The second-order valence-electron chi connectivity index (χ2n) is 11.3. The quantitative estimate of drug-likeness (QED) is 0.116. The Morgan fingerprint density at radius 2 is 0.459 bits per heavy atom. The molecule has 9 aromatic rings. The van der Waals surface area contributed by atoms with E-state index in [4.69, 9.17) is 0 Å². The van der Waals surface area contributed by atoms with Gasteiger partial charge in [-0.25, -0.2) is 0 Å². The van der Waals surface area contributed by atoms with Crippen LogP contribution < -0.4 is 15.9 Å². The number of benzene rings is 9. The third kappa shape index (κ3) is 1.57. The third-order valence-electron chi connectivity index (χ3n) is 9.78. The van der Waals surface area contributed by atoms with Crippen LogP contribution in [0.2, 0.25) is 0 Å². The summed E-state index contributed by atoms with van der Waals surface area (Å²) < 4.78 is 0. The molecule has 164 valence electrons. The second kappa shape index (κ2) is 5.10. The molecule has 0 N–H and O–H groups in total. The minimum atomic E-state index is -0.658. The predicted octanol–water partition coefficient (Wildman–Crippen LogP) is 8.76. The van der Waals surface area contributed by atoms with Crippen LogP contribution in [-0.4, -0.2) is 0 Å². The topological polar surface area (TPSA) is 0 Å². The Labute approximate surface area is 211 Å². The van der Waals surface area contributed by atoms with Gasteiger partial charge in [0.1, 0.15) is 0 Å². The van der Waals surface area contributed by atoms with Crippen LogP contribution >= 0.6 is 7.92 Å². The molecule has 9 aromatic carbocycles. The van der Waals surface area contributed by atoms with Crippen LogP contribution in [0.25, 0.3) is 97.0 Å². The van der Waals surface area contributed by atoms with Crippen molar-refractivity contribution in [3.8, 4) is 0 Å². The van der Waals surface area contributed by atoms with Crippen LogP contribution in [0.15, 0.2) is 91.0 Å². The Kier molecular flexibility index (Phi) is 2.38. The van der Waals surface area contributed by atoms with Gasteiger partial charge in [-0.3, -0.25) is 0 Å². The molecule has 0 aliphatic carbocycles. The van der Waals surface area contributed by atoms with Gasteiger partial charge in [0.05, 0.1) is 0 Å². The number of hydrogen-bond acceptors (Lipinski definition) is 0. The molecule has 3 aliphatic heterocycles. The van der Waals surface area contributed by atoms with E-state index < -0.39 is 7.92 Å². The Hall–Kier alpha value is -4.25. The summed E-state index contributed by atoms with van der Waals surface area (Å²) in [6.07, 6.45) is 0. The summed E-state index contributed by atoms with van der Waals surface area (Å²) in [4.78, 5) is 0. The molecule has 0 aromatic heterocycles. The van der Waals surface area contributed by atoms with E-state index in [-0.39, 0.29) is 0 Å². The third-order valence-corrected chi connectivity index (χ3v) is 12.5. The normalized spacial score (nSPS) is 14.9. The molecular weight excluding hydrogens is 463 g/mol. The van der Waals surface area contributed by atoms with Gasteiger partial charge in [0.2, 0.25) is 0 Å². The molecule has 12 rings (SSSR count). The maximum Gasteiger partial charge on any atom is 0.00197 e. The van der Waals surface area contributed by atoms with Gasteiger partial charge in [-0.1, -0.05) is 72.8 Å². The molecule has 0 bridgehead atoms. The van der Waals surface area contributed by atoms with E-state index >= 15 is 0 Å². The van der Waals surface area contributed by atoms with Gasteiger partial charge in [0.25, 0.3) is 0 Å². The van der Waals surface area contributed by atoms with Crippen LogP contribution in [0.1, 0.15) is 0 Å². The van der Waals surface area contributed by atoms with Crippen molar-refractivity contribution in [2.45, 2.75) is 0 Å². The van der Waals surface area contributed by atoms with E-state index in [0.29, 0.717) is 0 Å². The van der Waals surface area contributed by atoms with E-state index in [1.807, 2.05) is 0 Å². The average Bonchev–Trinajstić information content (AvgIpc) is 2.95. The molecule has 0 saturated heterocycles. The lowest BCUT2D eigenvalue weighted by Gasteiger charge is -2.38.